The third-order valence-electron chi connectivity index (χ3n) is 6.26. The van der Waals surface area contributed by atoms with Gasteiger partial charge >= 0.3 is 0 Å². The molecular weight excluding hydrogens is 409 g/mol. The lowest BCUT2D eigenvalue weighted by atomic mass is 9.78. The summed E-state index contributed by atoms with van der Waals surface area (Å²) in [6, 6.07) is 12.2. The SMILES string of the molecule is COc1ccc(CCn2cc(NC(=O)C3(c4ccc(F)cc4)CCCC3)cn2)cc1OC. The summed E-state index contributed by atoms with van der Waals surface area (Å²) in [5.74, 6) is 1.04. The summed E-state index contributed by atoms with van der Waals surface area (Å²) in [5.41, 5.74) is 2.02. The number of nitrogens with one attached hydrogen (secondary N) is 1. The maximum atomic E-state index is 13.4. The second-order valence-corrected chi connectivity index (χ2v) is 8.18. The molecule has 0 unspecified atom stereocenters. The van der Waals surface area contributed by atoms with Crippen LogP contribution < -0.4 is 14.8 Å². The summed E-state index contributed by atoms with van der Waals surface area (Å²) in [7, 11) is 3.23. The van der Waals surface area contributed by atoms with Gasteiger partial charge in [-0.3, -0.25) is 9.48 Å². The zero-order valence-corrected chi connectivity index (χ0v) is 18.4. The van der Waals surface area contributed by atoms with E-state index < -0.39 is 5.41 Å². The minimum Gasteiger partial charge on any atom is -0.493 e. The summed E-state index contributed by atoms with van der Waals surface area (Å²) >= 11 is 0. The van der Waals surface area contributed by atoms with Gasteiger partial charge in [-0.1, -0.05) is 31.0 Å². The van der Waals surface area contributed by atoms with Crippen molar-refractivity contribution in [1.29, 1.82) is 0 Å². The third-order valence-corrected chi connectivity index (χ3v) is 6.26. The number of ether oxygens (including phenoxy) is 2. The standard InChI is InChI=1S/C25H28FN3O3/c1-31-22-10-5-18(15-23(22)32-2)11-14-29-17-21(16-27-29)28-24(30)25(12-3-4-13-25)19-6-8-20(26)9-7-19/h5-10,15-17H,3-4,11-14H2,1-2H3,(H,28,30). The summed E-state index contributed by atoms with van der Waals surface area (Å²) < 4.78 is 25.9. The Bertz CT molecular complexity index is 1070. The average molecular weight is 438 g/mol. The number of anilines is 1. The minimum atomic E-state index is -0.616. The molecule has 1 aliphatic carbocycles. The average Bonchev–Trinajstić information content (AvgIpc) is 3.48. The van der Waals surface area contributed by atoms with Crippen molar-refractivity contribution in [2.45, 2.75) is 44.1 Å². The zero-order valence-electron chi connectivity index (χ0n) is 18.4. The van der Waals surface area contributed by atoms with Crippen molar-refractivity contribution in [3.8, 4) is 11.5 Å². The molecule has 4 rings (SSSR count). The van der Waals surface area contributed by atoms with Crippen LogP contribution in [-0.2, 0) is 23.2 Å². The molecule has 1 fully saturated rings. The maximum absolute atomic E-state index is 13.4. The Labute approximate surface area is 187 Å². The first kappa shape index (κ1) is 21.9. The Morgan fingerprint density at radius 3 is 2.50 bits per heavy atom. The van der Waals surface area contributed by atoms with Crippen molar-refractivity contribution in [3.63, 3.8) is 0 Å². The molecule has 6 nitrogen and oxygen atoms in total. The van der Waals surface area contributed by atoms with E-state index in [2.05, 4.69) is 10.4 Å². The predicted molar refractivity (Wildman–Crippen MR) is 121 cm³/mol. The number of hydrogen-bond donors (Lipinski definition) is 1. The molecule has 0 radical (unpaired) electrons. The van der Waals surface area contributed by atoms with Gasteiger partial charge in [0.25, 0.3) is 0 Å². The quantitative estimate of drug-likeness (QED) is 0.553. The van der Waals surface area contributed by atoms with Crippen LogP contribution in [0.15, 0.2) is 54.9 Å². The van der Waals surface area contributed by atoms with Gasteiger partial charge in [0.15, 0.2) is 11.5 Å². The maximum Gasteiger partial charge on any atom is 0.235 e. The largest absolute Gasteiger partial charge is 0.493 e. The lowest BCUT2D eigenvalue weighted by Crippen LogP contribution is -2.37. The van der Waals surface area contributed by atoms with Crippen LogP contribution >= 0.6 is 0 Å². The normalized spacial score (nSPS) is 14.8. The molecule has 0 saturated heterocycles. The van der Waals surface area contributed by atoms with Crippen LogP contribution in [0.1, 0.15) is 36.8 Å². The third kappa shape index (κ3) is 4.47. The number of methoxy groups -OCH3 is 2. The molecule has 0 atom stereocenters. The number of amides is 1. The molecule has 1 amide bonds. The van der Waals surface area contributed by atoms with E-state index in [1.165, 1.54) is 12.1 Å². The molecule has 1 aromatic heterocycles. The second kappa shape index (κ2) is 9.42. The van der Waals surface area contributed by atoms with Crippen molar-refractivity contribution in [2.75, 3.05) is 19.5 Å². The smallest absolute Gasteiger partial charge is 0.235 e. The molecule has 3 aromatic rings. The molecule has 1 saturated carbocycles. The number of hydrogen-bond acceptors (Lipinski definition) is 4. The van der Waals surface area contributed by atoms with E-state index in [1.54, 1.807) is 32.5 Å². The van der Waals surface area contributed by atoms with Crippen LogP contribution in [-0.4, -0.2) is 29.9 Å². The van der Waals surface area contributed by atoms with Crippen LogP contribution in [0.4, 0.5) is 10.1 Å². The van der Waals surface area contributed by atoms with Gasteiger partial charge in [-0.05, 0) is 54.7 Å². The van der Waals surface area contributed by atoms with Gasteiger partial charge in [0.05, 0.1) is 31.5 Å². The summed E-state index contributed by atoms with van der Waals surface area (Å²) in [4.78, 5) is 13.3. The molecule has 2 aromatic carbocycles. The molecule has 1 heterocycles. The summed E-state index contributed by atoms with van der Waals surface area (Å²) in [6.45, 7) is 0.661. The second-order valence-electron chi connectivity index (χ2n) is 8.18. The van der Waals surface area contributed by atoms with Crippen LogP contribution in [0.3, 0.4) is 0 Å². The van der Waals surface area contributed by atoms with Gasteiger partial charge in [0.2, 0.25) is 5.91 Å². The van der Waals surface area contributed by atoms with E-state index in [4.69, 9.17) is 9.47 Å². The molecule has 0 bridgehead atoms. The number of carbonyl (C=O) groups excluding carboxylic acids is 1. The Kier molecular flexibility index (Phi) is 6.44. The Morgan fingerprint density at radius 1 is 1.09 bits per heavy atom. The van der Waals surface area contributed by atoms with E-state index in [0.717, 1.165) is 43.2 Å². The Morgan fingerprint density at radius 2 is 1.81 bits per heavy atom. The van der Waals surface area contributed by atoms with E-state index in [9.17, 15) is 9.18 Å². The molecule has 32 heavy (non-hydrogen) atoms. The monoisotopic (exact) mass is 437 g/mol. The topological polar surface area (TPSA) is 65.4 Å². The highest BCUT2D eigenvalue weighted by atomic mass is 19.1. The predicted octanol–water partition coefficient (Wildman–Crippen LogP) is 4.73. The minimum absolute atomic E-state index is 0.0546. The number of nitrogens with zero attached hydrogens (tertiary/aromatic N) is 2. The number of benzene rings is 2. The number of carbonyl (C=O) groups is 1. The van der Waals surface area contributed by atoms with Gasteiger partial charge < -0.3 is 14.8 Å². The van der Waals surface area contributed by atoms with Gasteiger partial charge in [-0.25, -0.2) is 4.39 Å². The Hall–Kier alpha value is -3.35. The lowest BCUT2D eigenvalue weighted by molar-refractivity contribution is -0.121. The van der Waals surface area contributed by atoms with Crippen molar-refractivity contribution < 1.29 is 18.7 Å². The fraction of sp³-hybridized carbons (Fsp3) is 0.360. The summed E-state index contributed by atoms with van der Waals surface area (Å²) in [6.07, 6.45) is 7.75. The first-order chi connectivity index (χ1) is 15.5. The highest BCUT2D eigenvalue weighted by Gasteiger charge is 2.42. The number of aromatic nitrogens is 2. The van der Waals surface area contributed by atoms with Crippen LogP contribution in [0, 0.1) is 5.82 Å². The van der Waals surface area contributed by atoms with Gasteiger partial charge in [-0.2, -0.15) is 5.10 Å². The van der Waals surface area contributed by atoms with Crippen molar-refractivity contribution in [2.24, 2.45) is 0 Å². The van der Waals surface area contributed by atoms with Crippen molar-refractivity contribution in [1.82, 2.24) is 9.78 Å². The molecule has 0 spiro atoms. The molecule has 1 N–H and O–H groups in total. The lowest BCUT2D eigenvalue weighted by Gasteiger charge is -2.28. The first-order valence-electron chi connectivity index (χ1n) is 10.8. The van der Waals surface area contributed by atoms with Gasteiger partial charge in [0, 0.05) is 12.7 Å². The van der Waals surface area contributed by atoms with Crippen LogP contribution in [0.2, 0.25) is 0 Å². The molecule has 0 aliphatic heterocycles. The number of rotatable bonds is 8. The van der Waals surface area contributed by atoms with Crippen molar-refractivity contribution >= 4 is 11.6 Å². The highest BCUT2D eigenvalue weighted by molar-refractivity contribution is 5.99. The fourth-order valence-electron chi connectivity index (χ4n) is 4.48. The highest BCUT2D eigenvalue weighted by Crippen LogP contribution is 2.42. The Balaban J connectivity index is 1.42. The molecular formula is C25H28FN3O3. The molecule has 7 heteroatoms. The van der Waals surface area contributed by atoms with E-state index in [0.29, 0.717) is 23.7 Å². The van der Waals surface area contributed by atoms with E-state index in [1.807, 2.05) is 29.1 Å². The van der Waals surface area contributed by atoms with E-state index >= 15 is 0 Å². The van der Waals surface area contributed by atoms with Crippen molar-refractivity contribution in [3.05, 3.63) is 71.8 Å². The van der Waals surface area contributed by atoms with Gasteiger partial charge in [-0.15, -0.1) is 0 Å². The zero-order chi connectivity index (χ0) is 22.6. The number of aryl methyl sites for hydroxylation is 2. The van der Waals surface area contributed by atoms with E-state index in [-0.39, 0.29) is 11.7 Å². The summed E-state index contributed by atoms with van der Waals surface area (Å²) in [5, 5.41) is 7.43. The molecule has 168 valence electrons. The van der Waals surface area contributed by atoms with Crippen LogP contribution in [0.5, 0.6) is 11.5 Å². The molecule has 1 aliphatic rings. The first-order valence-corrected chi connectivity index (χ1v) is 10.8. The number of halogens is 1. The van der Waals surface area contributed by atoms with Crippen LogP contribution in [0.25, 0.3) is 0 Å². The fourth-order valence-corrected chi connectivity index (χ4v) is 4.48. The van der Waals surface area contributed by atoms with Gasteiger partial charge in [0.1, 0.15) is 5.82 Å².